The van der Waals surface area contributed by atoms with Gasteiger partial charge in [-0.05, 0) is 23.3 Å². The fraction of sp³-hybridized carbons (Fsp3) is 0.278. The van der Waals surface area contributed by atoms with Crippen molar-refractivity contribution in [1.82, 2.24) is 10.2 Å². The average molecular weight is 374 g/mol. The summed E-state index contributed by atoms with van der Waals surface area (Å²) in [4.78, 5) is 6.61. The summed E-state index contributed by atoms with van der Waals surface area (Å²) < 4.78 is 1.01. The molecule has 0 fully saturated rings. The zero-order valence-electron chi connectivity index (χ0n) is 12.8. The predicted octanol–water partition coefficient (Wildman–Crippen LogP) is 2.94. The quantitative estimate of drug-likeness (QED) is 0.846. The van der Waals surface area contributed by atoms with Gasteiger partial charge in [-0.1, -0.05) is 58.4 Å². The van der Waals surface area contributed by atoms with E-state index in [2.05, 4.69) is 43.3 Å². The molecule has 0 aromatic heterocycles. The Morgan fingerprint density at radius 1 is 1.13 bits per heavy atom. The fourth-order valence-corrected chi connectivity index (χ4v) is 2.89. The molecule has 5 heteroatoms. The number of nitrogens with one attached hydrogen (secondary N) is 1. The molecule has 23 heavy (non-hydrogen) atoms. The van der Waals surface area contributed by atoms with Gasteiger partial charge in [0.1, 0.15) is 0 Å². The van der Waals surface area contributed by atoms with Gasteiger partial charge in [0.2, 0.25) is 0 Å². The van der Waals surface area contributed by atoms with Gasteiger partial charge in [-0.15, -0.1) is 0 Å². The largest absolute Gasteiger partial charge is 0.387 e. The van der Waals surface area contributed by atoms with Crippen LogP contribution in [0.25, 0.3) is 0 Å². The van der Waals surface area contributed by atoms with E-state index >= 15 is 0 Å². The Morgan fingerprint density at radius 2 is 1.87 bits per heavy atom. The molecule has 1 heterocycles. The molecule has 4 nitrogen and oxygen atoms in total. The van der Waals surface area contributed by atoms with Gasteiger partial charge in [-0.2, -0.15) is 0 Å². The topological polar surface area (TPSA) is 47.9 Å². The number of aliphatic hydroxyl groups excluding tert-OH is 1. The lowest BCUT2D eigenvalue weighted by Crippen LogP contribution is -2.40. The molecule has 0 amide bonds. The molecule has 0 spiro atoms. The molecule has 0 saturated carbocycles. The second-order valence-electron chi connectivity index (χ2n) is 5.57. The molecule has 1 atom stereocenters. The van der Waals surface area contributed by atoms with E-state index < -0.39 is 6.10 Å². The Labute approximate surface area is 145 Å². The van der Waals surface area contributed by atoms with E-state index in [1.165, 1.54) is 5.56 Å². The van der Waals surface area contributed by atoms with Crippen molar-refractivity contribution in [2.24, 2.45) is 4.99 Å². The smallest absolute Gasteiger partial charge is 0.194 e. The molecule has 0 saturated heterocycles. The van der Waals surface area contributed by atoms with E-state index in [4.69, 9.17) is 0 Å². The van der Waals surface area contributed by atoms with Gasteiger partial charge < -0.3 is 15.3 Å². The van der Waals surface area contributed by atoms with Crippen LogP contribution in [-0.2, 0) is 6.54 Å². The van der Waals surface area contributed by atoms with Crippen molar-refractivity contribution in [2.45, 2.75) is 12.6 Å². The third kappa shape index (κ3) is 4.33. The van der Waals surface area contributed by atoms with Crippen LogP contribution in [0.4, 0.5) is 0 Å². The van der Waals surface area contributed by atoms with Crippen molar-refractivity contribution < 1.29 is 5.11 Å². The highest BCUT2D eigenvalue weighted by atomic mass is 79.9. The number of aliphatic imine (C=N–C) groups is 1. The van der Waals surface area contributed by atoms with Crippen LogP contribution in [0.15, 0.2) is 64.1 Å². The van der Waals surface area contributed by atoms with Gasteiger partial charge in [0, 0.05) is 17.6 Å². The van der Waals surface area contributed by atoms with Crippen molar-refractivity contribution in [2.75, 3.05) is 19.6 Å². The standard InChI is InChI=1S/C18H20BrN3O/c19-16-8-6-15(7-9-16)17(23)13-22(18-20-10-11-21-18)12-14-4-2-1-3-5-14/h1-9,17,23H,10-13H2,(H,20,21). The maximum Gasteiger partial charge on any atom is 0.194 e. The molecule has 3 rings (SSSR count). The number of benzene rings is 2. The predicted molar refractivity (Wildman–Crippen MR) is 96.3 cm³/mol. The van der Waals surface area contributed by atoms with Gasteiger partial charge in [0.05, 0.1) is 19.2 Å². The number of nitrogens with zero attached hydrogens (tertiary/aromatic N) is 2. The summed E-state index contributed by atoms with van der Waals surface area (Å²) in [6.07, 6.45) is -0.558. The summed E-state index contributed by atoms with van der Waals surface area (Å²) in [5.74, 6) is 0.866. The highest BCUT2D eigenvalue weighted by Gasteiger charge is 2.19. The first kappa shape index (κ1) is 16.0. The van der Waals surface area contributed by atoms with Gasteiger partial charge >= 0.3 is 0 Å². The first-order valence-electron chi connectivity index (χ1n) is 7.73. The van der Waals surface area contributed by atoms with Crippen molar-refractivity contribution in [3.63, 3.8) is 0 Å². The monoisotopic (exact) mass is 373 g/mol. The van der Waals surface area contributed by atoms with Crippen LogP contribution >= 0.6 is 15.9 Å². The summed E-state index contributed by atoms with van der Waals surface area (Å²) in [6.45, 7) is 2.87. The Kier molecular flexibility index (Phi) is 5.31. The number of aliphatic hydroxyl groups is 1. The third-order valence-electron chi connectivity index (χ3n) is 3.82. The summed E-state index contributed by atoms with van der Waals surface area (Å²) in [5, 5.41) is 13.9. The van der Waals surface area contributed by atoms with E-state index in [0.29, 0.717) is 6.54 Å². The van der Waals surface area contributed by atoms with Gasteiger partial charge in [-0.25, -0.2) is 0 Å². The van der Waals surface area contributed by atoms with Crippen LogP contribution in [0, 0.1) is 0 Å². The number of hydrogen-bond donors (Lipinski definition) is 2. The minimum Gasteiger partial charge on any atom is -0.387 e. The number of halogens is 1. The molecule has 1 unspecified atom stereocenters. The summed E-state index contributed by atoms with van der Waals surface area (Å²) in [7, 11) is 0. The zero-order valence-corrected chi connectivity index (χ0v) is 14.4. The first-order chi connectivity index (χ1) is 11.2. The van der Waals surface area contributed by atoms with Gasteiger partial charge in [-0.3, -0.25) is 4.99 Å². The second kappa shape index (κ2) is 7.62. The van der Waals surface area contributed by atoms with E-state index in [1.807, 2.05) is 42.5 Å². The SMILES string of the molecule is OC(CN(Cc1ccccc1)C1=NCCN1)c1ccc(Br)cc1. The zero-order chi connectivity index (χ0) is 16.1. The Bertz CT molecular complexity index is 658. The molecule has 2 aromatic rings. The van der Waals surface area contributed by atoms with Crippen LogP contribution < -0.4 is 5.32 Å². The summed E-state index contributed by atoms with van der Waals surface area (Å²) >= 11 is 3.42. The van der Waals surface area contributed by atoms with Crippen LogP contribution in [0.3, 0.4) is 0 Å². The van der Waals surface area contributed by atoms with Gasteiger partial charge in [0.15, 0.2) is 5.96 Å². The van der Waals surface area contributed by atoms with Crippen LogP contribution in [-0.4, -0.2) is 35.6 Å². The molecule has 2 N–H and O–H groups in total. The van der Waals surface area contributed by atoms with Crippen molar-refractivity contribution in [3.05, 3.63) is 70.2 Å². The summed E-state index contributed by atoms with van der Waals surface area (Å²) in [6, 6.07) is 18.0. The van der Waals surface area contributed by atoms with E-state index in [0.717, 1.165) is 35.6 Å². The van der Waals surface area contributed by atoms with E-state index in [1.54, 1.807) is 0 Å². The molecular formula is C18H20BrN3O. The summed E-state index contributed by atoms with van der Waals surface area (Å²) in [5.41, 5.74) is 2.11. The maximum atomic E-state index is 10.6. The van der Waals surface area contributed by atoms with Crippen LogP contribution in [0.2, 0.25) is 0 Å². The highest BCUT2D eigenvalue weighted by molar-refractivity contribution is 9.10. The maximum absolute atomic E-state index is 10.6. The molecule has 1 aliphatic heterocycles. The molecule has 0 radical (unpaired) electrons. The van der Waals surface area contributed by atoms with Crippen LogP contribution in [0.1, 0.15) is 17.2 Å². The molecular weight excluding hydrogens is 354 g/mol. The Morgan fingerprint density at radius 3 is 2.52 bits per heavy atom. The number of guanidine groups is 1. The van der Waals surface area contributed by atoms with Crippen molar-refractivity contribution in [1.29, 1.82) is 0 Å². The lowest BCUT2D eigenvalue weighted by molar-refractivity contribution is 0.140. The number of rotatable bonds is 5. The Hall–Kier alpha value is -1.85. The number of hydrogen-bond acceptors (Lipinski definition) is 4. The fourth-order valence-electron chi connectivity index (χ4n) is 2.63. The third-order valence-corrected chi connectivity index (χ3v) is 4.35. The normalized spacial score (nSPS) is 15.0. The highest BCUT2D eigenvalue weighted by Crippen LogP contribution is 2.19. The Balaban J connectivity index is 1.74. The van der Waals surface area contributed by atoms with E-state index in [-0.39, 0.29) is 0 Å². The first-order valence-corrected chi connectivity index (χ1v) is 8.52. The molecule has 2 aromatic carbocycles. The van der Waals surface area contributed by atoms with Crippen molar-refractivity contribution >= 4 is 21.9 Å². The van der Waals surface area contributed by atoms with E-state index in [9.17, 15) is 5.11 Å². The van der Waals surface area contributed by atoms with Gasteiger partial charge in [0.25, 0.3) is 0 Å². The minimum atomic E-state index is -0.558. The molecule has 0 aliphatic carbocycles. The van der Waals surface area contributed by atoms with Crippen LogP contribution in [0.5, 0.6) is 0 Å². The minimum absolute atomic E-state index is 0.502. The second-order valence-corrected chi connectivity index (χ2v) is 6.48. The molecule has 1 aliphatic rings. The molecule has 120 valence electrons. The lowest BCUT2D eigenvalue weighted by atomic mass is 10.1. The van der Waals surface area contributed by atoms with Crippen molar-refractivity contribution in [3.8, 4) is 0 Å². The lowest BCUT2D eigenvalue weighted by Gasteiger charge is -2.27. The molecule has 0 bridgehead atoms. The average Bonchev–Trinajstić information content (AvgIpc) is 3.10.